The Morgan fingerprint density at radius 2 is 1.96 bits per heavy atom. The Kier molecular flexibility index (Phi) is 4.45. The number of aromatic nitrogens is 2. The number of hydrogen-bond acceptors (Lipinski definition) is 5. The van der Waals surface area contributed by atoms with E-state index in [1.54, 1.807) is 12.1 Å². The average molecular weight is 351 g/mol. The van der Waals surface area contributed by atoms with Crippen LogP contribution in [-0.4, -0.2) is 42.2 Å². The number of ether oxygens (including phenoxy) is 1. The van der Waals surface area contributed by atoms with E-state index in [0.29, 0.717) is 11.3 Å². The fourth-order valence-corrected chi connectivity index (χ4v) is 3.27. The summed E-state index contributed by atoms with van der Waals surface area (Å²) in [5.41, 5.74) is 8.69. The van der Waals surface area contributed by atoms with E-state index in [1.165, 1.54) is 5.69 Å². The molecule has 0 unspecified atom stereocenters. The van der Waals surface area contributed by atoms with Gasteiger partial charge >= 0.3 is 6.09 Å². The number of nitrogens with zero attached hydrogens (tertiary/aromatic N) is 2. The largest absolute Gasteiger partial charge is 0.410 e. The molecule has 134 valence electrons. The Balaban J connectivity index is 1.62. The number of aromatic amines is 1. The summed E-state index contributed by atoms with van der Waals surface area (Å²) < 4.78 is 5.03. The number of primary amides is 1. The summed E-state index contributed by atoms with van der Waals surface area (Å²) in [5.74, 6) is 1.08. The number of benzene rings is 2. The molecule has 3 aromatic rings. The summed E-state index contributed by atoms with van der Waals surface area (Å²) in [6.45, 7) is 4.15. The number of imidazole rings is 1. The highest BCUT2D eigenvalue weighted by atomic mass is 16.5. The van der Waals surface area contributed by atoms with Crippen molar-refractivity contribution in [1.82, 2.24) is 15.3 Å². The molecular formula is C19H21N5O2. The fourth-order valence-electron chi connectivity index (χ4n) is 3.27. The van der Waals surface area contributed by atoms with Crippen LogP contribution in [0, 0.1) is 0 Å². The summed E-state index contributed by atoms with van der Waals surface area (Å²) in [6.07, 6.45) is 0.298. The lowest BCUT2D eigenvalue weighted by Crippen LogP contribution is -2.27. The summed E-state index contributed by atoms with van der Waals surface area (Å²) in [5, 5.41) is 3.42. The third-order valence-corrected chi connectivity index (χ3v) is 4.53. The molecule has 0 saturated carbocycles. The number of H-pyrrole nitrogens is 1. The first-order valence-electron chi connectivity index (χ1n) is 8.73. The van der Waals surface area contributed by atoms with Crippen LogP contribution >= 0.6 is 0 Å². The van der Waals surface area contributed by atoms with Gasteiger partial charge in [-0.05, 0) is 49.4 Å². The van der Waals surface area contributed by atoms with Gasteiger partial charge in [0.2, 0.25) is 0 Å². The summed E-state index contributed by atoms with van der Waals surface area (Å²) in [4.78, 5) is 21.3. The molecule has 2 aromatic carbocycles. The van der Waals surface area contributed by atoms with Gasteiger partial charge in [0.1, 0.15) is 11.3 Å². The van der Waals surface area contributed by atoms with Gasteiger partial charge in [0, 0.05) is 30.9 Å². The van der Waals surface area contributed by atoms with E-state index in [9.17, 15) is 4.79 Å². The van der Waals surface area contributed by atoms with Crippen LogP contribution in [0.25, 0.3) is 22.4 Å². The van der Waals surface area contributed by atoms with Crippen molar-refractivity contribution in [1.29, 1.82) is 0 Å². The minimum absolute atomic E-state index is 0.353. The maximum Gasteiger partial charge on any atom is 0.410 e. The molecular weight excluding hydrogens is 330 g/mol. The molecule has 1 amide bonds. The molecule has 2 heterocycles. The number of nitrogens with one attached hydrogen (secondary N) is 2. The van der Waals surface area contributed by atoms with Crippen molar-refractivity contribution in [2.75, 3.05) is 31.1 Å². The smallest absolute Gasteiger partial charge is 0.408 e. The molecule has 7 heteroatoms. The number of fused-ring (bicyclic) bond motifs is 1. The normalized spacial score (nSPS) is 15.0. The van der Waals surface area contributed by atoms with Crippen LogP contribution in [0.1, 0.15) is 6.42 Å². The van der Waals surface area contributed by atoms with Crippen molar-refractivity contribution in [2.45, 2.75) is 6.42 Å². The first kappa shape index (κ1) is 16.4. The maximum absolute atomic E-state index is 11.1. The molecule has 1 aliphatic rings. The zero-order valence-corrected chi connectivity index (χ0v) is 14.4. The Morgan fingerprint density at radius 3 is 2.77 bits per heavy atom. The molecule has 0 spiro atoms. The van der Waals surface area contributed by atoms with Gasteiger partial charge in [0.05, 0.1) is 5.52 Å². The van der Waals surface area contributed by atoms with E-state index in [0.717, 1.165) is 49.5 Å². The number of nitrogens with two attached hydrogens (primary N) is 1. The van der Waals surface area contributed by atoms with Crippen LogP contribution in [0.2, 0.25) is 0 Å². The third kappa shape index (κ3) is 3.34. The van der Waals surface area contributed by atoms with Crippen LogP contribution in [-0.2, 0) is 0 Å². The summed E-state index contributed by atoms with van der Waals surface area (Å²) in [7, 11) is 0. The third-order valence-electron chi connectivity index (χ3n) is 4.53. The number of rotatable bonds is 3. The van der Waals surface area contributed by atoms with Crippen molar-refractivity contribution in [3.05, 3.63) is 42.5 Å². The van der Waals surface area contributed by atoms with Crippen LogP contribution in [0.4, 0.5) is 10.5 Å². The predicted molar refractivity (Wildman–Crippen MR) is 101 cm³/mol. The zero-order valence-electron chi connectivity index (χ0n) is 14.4. The SMILES string of the molecule is NC(=O)Oc1cccc2[nH]c(-c3ccc(N4CCCNCC4)cc3)nc12. The summed E-state index contributed by atoms with van der Waals surface area (Å²) >= 11 is 0. The second-order valence-corrected chi connectivity index (χ2v) is 6.30. The van der Waals surface area contributed by atoms with E-state index in [1.807, 2.05) is 6.07 Å². The highest BCUT2D eigenvalue weighted by Gasteiger charge is 2.13. The Morgan fingerprint density at radius 1 is 1.12 bits per heavy atom. The van der Waals surface area contributed by atoms with Gasteiger partial charge in [-0.25, -0.2) is 9.78 Å². The Bertz CT molecular complexity index is 911. The van der Waals surface area contributed by atoms with Gasteiger partial charge < -0.3 is 25.7 Å². The van der Waals surface area contributed by atoms with Crippen LogP contribution in [0.5, 0.6) is 5.75 Å². The number of carbonyl (C=O) groups excluding carboxylic acids is 1. The first-order valence-corrected chi connectivity index (χ1v) is 8.73. The fraction of sp³-hybridized carbons (Fsp3) is 0.263. The molecule has 0 atom stereocenters. The number of carbonyl (C=O) groups is 1. The molecule has 1 aliphatic heterocycles. The molecule has 0 aliphatic carbocycles. The highest BCUT2D eigenvalue weighted by molar-refractivity contribution is 5.87. The minimum atomic E-state index is -0.849. The second kappa shape index (κ2) is 7.05. The highest BCUT2D eigenvalue weighted by Crippen LogP contribution is 2.28. The predicted octanol–water partition coefficient (Wildman–Crippen LogP) is 2.49. The Labute approximate surface area is 151 Å². The molecule has 7 nitrogen and oxygen atoms in total. The van der Waals surface area contributed by atoms with Crippen LogP contribution < -0.4 is 20.7 Å². The van der Waals surface area contributed by atoms with Crippen LogP contribution in [0.15, 0.2) is 42.5 Å². The van der Waals surface area contributed by atoms with E-state index < -0.39 is 6.09 Å². The van der Waals surface area contributed by atoms with Crippen molar-refractivity contribution < 1.29 is 9.53 Å². The number of para-hydroxylation sites is 1. The monoisotopic (exact) mass is 351 g/mol. The standard InChI is InChI=1S/C19H21N5O2/c20-19(25)26-16-4-1-3-15-17(16)23-18(22-15)13-5-7-14(8-6-13)24-11-2-9-21-10-12-24/h1,3-8,21H,2,9-12H2,(H2,20,25)(H,22,23). The average Bonchev–Trinajstić information content (AvgIpc) is 2.90. The zero-order chi connectivity index (χ0) is 17.9. The number of hydrogen-bond donors (Lipinski definition) is 3. The molecule has 0 radical (unpaired) electrons. The number of anilines is 1. The van der Waals surface area contributed by atoms with E-state index in [4.69, 9.17) is 10.5 Å². The van der Waals surface area contributed by atoms with Crippen molar-refractivity contribution in [3.63, 3.8) is 0 Å². The van der Waals surface area contributed by atoms with Gasteiger partial charge in [-0.3, -0.25) is 0 Å². The van der Waals surface area contributed by atoms with Crippen molar-refractivity contribution in [2.24, 2.45) is 5.73 Å². The molecule has 4 N–H and O–H groups in total. The van der Waals surface area contributed by atoms with Gasteiger partial charge in [0.15, 0.2) is 5.75 Å². The van der Waals surface area contributed by atoms with Gasteiger partial charge in [-0.2, -0.15) is 0 Å². The lowest BCUT2D eigenvalue weighted by Gasteiger charge is -2.22. The van der Waals surface area contributed by atoms with Crippen LogP contribution in [0.3, 0.4) is 0 Å². The lowest BCUT2D eigenvalue weighted by molar-refractivity contribution is 0.211. The quantitative estimate of drug-likeness (QED) is 0.674. The van der Waals surface area contributed by atoms with E-state index in [-0.39, 0.29) is 0 Å². The molecule has 1 saturated heterocycles. The molecule has 1 fully saturated rings. The van der Waals surface area contributed by atoms with Crippen molar-refractivity contribution >= 4 is 22.8 Å². The Hall–Kier alpha value is -3.06. The number of amides is 1. The van der Waals surface area contributed by atoms with E-state index >= 15 is 0 Å². The van der Waals surface area contributed by atoms with E-state index in [2.05, 4.69) is 44.5 Å². The van der Waals surface area contributed by atoms with Gasteiger partial charge in [-0.1, -0.05) is 6.07 Å². The van der Waals surface area contributed by atoms with Gasteiger partial charge in [0.25, 0.3) is 0 Å². The lowest BCUT2D eigenvalue weighted by atomic mass is 10.2. The second-order valence-electron chi connectivity index (χ2n) is 6.30. The molecule has 26 heavy (non-hydrogen) atoms. The minimum Gasteiger partial charge on any atom is -0.408 e. The first-order chi connectivity index (χ1) is 12.7. The topological polar surface area (TPSA) is 96.3 Å². The molecule has 4 rings (SSSR count). The van der Waals surface area contributed by atoms with Crippen molar-refractivity contribution in [3.8, 4) is 17.1 Å². The van der Waals surface area contributed by atoms with Gasteiger partial charge in [-0.15, -0.1) is 0 Å². The molecule has 0 bridgehead atoms. The maximum atomic E-state index is 11.1. The molecule has 1 aromatic heterocycles. The summed E-state index contributed by atoms with van der Waals surface area (Å²) in [6, 6.07) is 13.7.